The predicted molar refractivity (Wildman–Crippen MR) is 147 cm³/mol. The minimum atomic E-state index is -4.49. The summed E-state index contributed by atoms with van der Waals surface area (Å²) in [5.41, 5.74) is 0.413. The number of furan rings is 1. The third-order valence-corrected chi connectivity index (χ3v) is 7.38. The average Bonchev–Trinajstić information content (AvgIpc) is 3.52. The molecule has 0 radical (unpaired) electrons. The summed E-state index contributed by atoms with van der Waals surface area (Å²) in [6.07, 6.45) is -2.97. The molecule has 0 saturated heterocycles. The Hall–Kier alpha value is -4.38. The van der Waals surface area contributed by atoms with Crippen LogP contribution in [0.2, 0.25) is 0 Å². The summed E-state index contributed by atoms with van der Waals surface area (Å²) in [7, 11) is 0. The molecule has 0 aliphatic carbocycles. The quantitative estimate of drug-likeness (QED) is 0.270. The van der Waals surface area contributed by atoms with Crippen molar-refractivity contribution in [1.82, 2.24) is 4.57 Å². The standard InChI is InChI=1S/C30H25F3N2O5S/c1-4-38-21-11-9-18(10-12-21)26-25(28(37)39-5-2)17(3)34-29-35(26)27(36)24(41-29)16-22-13-14-23(40-22)19-7-6-8-20(15-19)30(31,32)33/h6-16,26H,4-5H2,1-3H3/b24-16-/t26-/m1/s1. The van der Waals surface area contributed by atoms with E-state index in [-0.39, 0.29) is 33.8 Å². The Morgan fingerprint density at radius 1 is 1.10 bits per heavy atom. The molecule has 2 aromatic heterocycles. The van der Waals surface area contributed by atoms with Gasteiger partial charge in [-0.3, -0.25) is 9.36 Å². The maximum absolute atomic E-state index is 13.8. The molecule has 2 aromatic carbocycles. The van der Waals surface area contributed by atoms with Crippen LogP contribution >= 0.6 is 11.3 Å². The molecule has 5 rings (SSSR count). The van der Waals surface area contributed by atoms with Crippen molar-refractivity contribution in [3.8, 4) is 17.1 Å². The molecule has 11 heteroatoms. The molecule has 7 nitrogen and oxygen atoms in total. The van der Waals surface area contributed by atoms with Crippen molar-refractivity contribution in [2.24, 2.45) is 4.99 Å². The van der Waals surface area contributed by atoms with Crippen molar-refractivity contribution in [3.05, 3.63) is 109 Å². The number of carbonyl (C=O) groups excluding carboxylic acids is 1. The zero-order valence-electron chi connectivity index (χ0n) is 22.3. The van der Waals surface area contributed by atoms with E-state index in [9.17, 15) is 22.8 Å². The molecule has 1 aliphatic heterocycles. The number of benzene rings is 2. The predicted octanol–water partition coefficient (Wildman–Crippen LogP) is 5.48. The number of nitrogens with zero attached hydrogens (tertiary/aromatic N) is 2. The number of hydrogen-bond acceptors (Lipinski definition) is 7. The van der Waals surface area contributed by atoms with Crippen LogP contribution in [-0.4, -0.2) is 23.8 Å². The van der Waals surface area contributed by atoms with Crippen LogP contribution in [-0.2, 0) is 15.7 Å². The van der Waals surface area contributed by atoms with E-state index in [4.69, 9.17) is 13.9 Å². The largest absolute Gasteiger partial charge is 0.494 e. The Morgan fingerprint density at radius 2 is 1.85 bits per heavy atom. The van der Waals surface area contributed by atoms with Crippen molar-refractivity contribution in [1.29, 1.82) is 0 Å². The first-order valence-corrected chi connectivity index (χ1v) is 13.6. The summed E-state index contributed by atoms with van der Waals surface area (Å²) in [6.45, 7) is 5.91. The summed E-state index contributed by atoms with van der Waals surface area (Å²) in [5, 5.41) is 0. The maximum Gasteiger partial charge on any atom is 0.416 e. The maximum atomic E-state index is 13.8. The Balaban J connectivity index is 1.59. The Labute approximate surface area is 236 Å². The number of rotatable bonds is 7. The first-order valence-electron chi connectivity index (χ1n) is 12.8. The summed E-state index contributed by atoms with van der Waals surface area (Å²) in [5.74, 6) is 0.583. The van der Waals surface area contributed by atoms with Crippen LogP contribution in [0.5, 0.6) is 5.75 Å². The van der Waals surface area contributed by atoms with Gasteiger partial charge in [0.1, 0.15) is 17.3 Å². The van der Waals surface area contributed by atoms with Gasteiger partial charge in [0.2, 0.25) is 0 Å². The van der Waals surface area contributed by atoms with Gasteiger partial charge in [0.15, 0.2) is 4.80 Å². The van der Waals surface area contributed by atoms with Crippen molar-refractivity contribution >= 4 is 23.4 Å². The van der Waals surface area contributed by atoms with E-state index < -0.39 is 29.3 Å². The van der Waals surface area contributed by atoms with E-state index in [0.717, 1.165) is 23.5 Å². The third-order valence-electron chi connectivity index (χ3n) is 6.40. The van der Waals surface area contributed by atoms with Crippen molar-refractivity contribution in [3.63, 3.8) is 0 Å². The van der Waals surface area contributed by atoms with Gasteiger partial charge in [0, 0.05) is 11.6 Å². The van der Waals surface area contributed by atoms with Crippen molar-refractivity contribution < 1.29 is 31.9 Å². The van der Waals surface area contributed by atoms with Gasteiger partial charge >= 0.3 is 12.1 Å². The van der Waals surface area contributed by atoms with Gasteiger partial charge in [-0.05, 0) is 62.7 Å². The molecular weight excluding hydrogens is 557 g/mol. The fourth-order valence-corrected chi connectivity index (χ4v) is 5.61. The van der Waals surface area contributed by atoms with Crippen LogP contribution in [0.1, 0.15) is 43.7 Å². The molecule has 0 spiro atoms. The number of fused-ring (bicyclic) bond motifs is 1. The Kier molecular flexibility index (Phi) is 7.72. The summed E-state index contributed by atoms with van der Waals surface area (Å²) in [4.78, 5) is 31.7. The van der Waals surface area contributed by atoms with Crippen LogP contribution < -0.4 is 19.6 Å². The summed E-state index contributed by atoms with van der Waals surface area (Å²) >= 11 is 1.12. The number of hydrogen-bond donors (Lipinski definition) is 0. The van der Waals surface area contributed by atoms with Crippen LogP contribution in [0.15, 0.2) is 86.1 Å². The molecule has 0 fully saturated rings. The zero-order chi connectivity index (χ0) is 29.3. The molecule has 0 unspecified atom stereocenters. The minimum Gasteiger partial charge on any atom is -0.494 e. The molecule has 0 N–H and O–H groups in total. The molecule has 0 saturated carbocycles. The summed E-state index contributed by atoms with van der Waals surface area (Å²) < 4.78 is 57.9. The lowest BCUT2D eigenvalue weighted by atomic mass is 9.96. The van der Waals surface area contributed by atoms with Crippen molar-refractivity contribution in [2.75, 3.05) is 13.2 Å². The second-order valence-corrected chi connectivity index (χ2v) is 10.1. The van der Waals surface area contributed by atoms with E-state index in [0.29, 0.717) is 28.4 Å². The van der Waals surface area contributed by atoms with Crippen LogP contribution in [0.4, 0.5) is 13.2 Å². The number of alkyl halides is 3. The minimum absolute atomic E-state index is 0.155. The number of carbonyl (C=O) groups is 1. The number of allylic oxidation sites excluding steroid dienone is 1. The molecule has 1 atom stereocenters. The van der Waals surface area contributed by atoms with Gasteiger partial charge in [-0.2, -0.15) is 13.2 Å². The van der Waals surface area contributed by atoms with Gasteiger partial charge in [-0.25, -0.2) is 9.79 Å². The van der Waals surface area contributed by atoms with Gasteiger partial charge in [0.25, 0.3) is 5.56 Å². The number of ether oxygens (including phenoxy) is 2. The molecule has 3 heterocycles. The van der Waals surface area contributed by atoms with Gasteiger partial charge in [-0.15, -0.1) is 0 Å². The first-order chi connectivity index (χ1) is 19.6. The normalized spacial score (nSPS) is 15.5. The van der Waals surface area contributed by atoms with E-state index in [1.165, 1.54) is 22.8 Å². The van der Waals surface area contributed by atoms with Gasteiger partial charge in [0.05, 0.1) is 40.6 Å². The third kappa shape index (κ3) is 5.62. The van der Waals surface area contributed by atoms with Gasteiger partial charge in [-0.1, -0.05) is 35.6 Å². The second kappa shape index (κ2) is 11.2. The highest BCUT2D eigenvalue weighted by atomic mass is 32.1. The monoisotopic (exact) mass is 582 g/mol. The number of esters is 1. The fourth-order valence-electron chi connectivity index (χ4n) is 4.58. The topological polar surface area (TPSA) is 83.0 Å². The smallest absolute Gasteiger partial charge is 0.416 e. The highest BCUT2D eigenvalue weighted by Crippen LogP contribution is 2.33. The van der Waals surface area contributed by atoms with E-state index in [1.807, 2.05) is 6.92 Å². The highest BCUT2D eigenvalue weighted by molar-refractivity contribution is 7.07. The number of aromatic nitrogens is 1. The zero-order valence-corrected chi connectivity index (χ0v) is 23.1. The Bertz CT molecular complexity index is 1810. The highest BCUT2D eigenvalue weighted by Gasteiger charge is 2.33. The molecule has 4 aromatic rings. The molecule has 1 aliphatic rings. The molecule has 41 heavy (non-hydrogen) atoms. The van der Waals surface area contributed by atoms with E-state index in [1.54, 1.807) is 50.2 Å². The van der Waals surface area contributed by atoms with E-state index >= 15 is 0 Å². The Morgan fingerprint density at radius 3 is 2.54 bits per heavy atom. The molecule has 0 amide bonds. The lowest BCUT2D eigenvalue weighted by Gasteiger charge is -2.24. The summed E-state index contributed by atoms with van der Waals surface area (Å²) in [6, 6.07) is 14.3. The van der Waals surface area contributed by atoms with Crippen LogP contribution in [0, 0.1) is 0 Å². The molecule has 0 bridgehead atoms. The van der Waals surface area contributed by atoms with Crippen LogP contribution in [0.3, 0.4) is 0 Å². The van der Waals surface area contributed by atoms with E-state index in [2.05, 4.69) is 4.99 Å². The first kappa shape index (κ1) is 28.2. The fraction of sp³-hybridized carbons (Fsp3) is 0.233. The second-order valence-electron chi connectivity index (χ2n) is 9.08. The molecule has 212 valence electrons. The van der Waals surface area contributed by atoms with Crippen molar-refractivity contribution in [2.45, 2.75) is 33.0 Å². The van der Waals surface area contributed by atoms with Crippen LogP contribution in [0.25, 0.3) is 17.4 Å². The average molecular weight is 583 g/mol. The molecular formula is C30H25F3N2O5S. The lowest BCUT2D eigenvalue weighted by molar-refractivity contribution is -0.139. The van der Waals surface area contributed by atoms with Gasteiger partial charge < -0.3 is 13.9 Å². The lowest BCUT2D eigenvalue weighted by Crippen LogP contribution is -2.39. The number of thiazole rings is 1. The SMILES string of the molecule is CCOC(=O)C1=C(C)N=c2s/c(=C\c3ccc(-c4cccc(C(F)(F)F)c4)o3)c(=O)n2[C@@H]1c1ccc(OCC)cc1. The number of halogens is 3.